The monoisotopic (exact) mass is 258 g/mol. The van der Waals surface area contributed by atoms with Crippen molar-refractivity contribution in [3.05, 3.63) is 11.9 Å². The number of thioether (sulfide) groups is 1. The quantitative estimate of drug-likeness (QED) is 0.244. The van der Waals surface area contributed by atoms with Gasteiger partial charge >= 0.3 is 0 Å². The van der Waals surface area contributed by atoms with Gasteiger partial charge in [-0.3, -0.25) is 19.7 Å². The Morgan fingerprint density at radius 1 is 1.59 bits per heavy atom. The fraction of sp³-hybridized carbons (Fsp3) is 0.500. The first kappa shape index (κ1) is 13.5. The van der Waals surface area contributed by atoms with E-state index in [0.29, 0.717) is 18.1 Å². The highest BCUT2D eigenvalue weighted by atomic mass is 32.2. The Morgan fingerprint density at radius 2 is 2.35 bits per heavy atom. The van der Waals surface area contributed by atoms with E-state index in [9.17, 15) is 9.59 Å². The van der Waals surface area contributed by atoms with Gasteiger partial charge in [0, 0.05) is 12.8 Å². The van der Waals surface area contributed by atoms with Crippen molar-refractivity contribution in [1.29, 1.82) is 0 Å². The smallest absolute Gasteiger partial charge is 0.287 e. The zero-order valence-electron chi connectivity index (χ0n) is 9.34. The minimum atomic E-state index is -0.478. The second kappa shape index (κ2) is 6.86. The van der Waals surface area contributed by atoms with Crippen LogP contribution in [0.25, 0.3) is 0 Å². The molecule has 8 nitrogen and oxygen atoms in total. The van der Waals surface area contributed by atoms with Crippen molar-refractivity contribution in [1.82, 2.24) is 25.7 Å². The van der Waals surface area contributed by atoms with Crippen LogP contribution in [0.2, 0.25) is 0 Å². The van der Waals surface area contributed by atoms with Crippen LogP contribution in [0, 0.1) is 0 Å². The van der Waals surface area contributed by atoms with Crippen molar-refractivity contribution < 1.29 is 9.59 Å². The Kier molecular flexibility index (Phi) is 5.43. The SMILES string of the molecule is CNC(=O)CSCCn1cc(C(=O)NN)nn1. The summed E-state index contributed by atoms with van der Waals surface area (Å²) in [6.07, 6.45) is 1.50. The van der Waals surface area contributed by atoms with Crippen LogP contribution in [-0.2, 0) is 11.3 Å². The number of hydrogen-bond acceptors (Lipinski definition) is 6. The van der Waals surface area contributed by atoms with Crippen LogP contribution in [0.5, 0.6) is 0 Å². The number of aryl methyl sites for hydroxylation is 1. The van der Waals surface area contributed by atoms with E-state index in [2.05, 4.69) is 15.6 Å². The van der Waals surface area contributed by atoms with Gasteiger partial charge in [0.1, 0.15) is 0 Å². The fourth-order valence-corrected chi connectivity index (χ4v) is 1.77. The molecule has 9 heteroatoms. The molecule has 0 unspecified atom stereocenters. The van der Waals surface area contributed by atoms with Gasteiger partial charge in [0.25, 0.3) is 5.91 Å². The molecule has 17 heavy (non-hydrogen) atoms. The third-order valence-corrected chi connectivity index (χ3v) is 2.82. The summed E-state index contributed by atoms with van der Waals surface area (Å²) in [7, 11) is 1.60. The molecule has 0 spiro atoms. The van der Waals surface area contributed by atoms with Gasteiger partial charge in [-0.25, -0.2) is 5.84 Å². The van der Waals surface area contributed by atoms with Crippen molar-refractivity contribution in [3.8, 4) is 0 Å². The molecule has 0 fully saturated rings. The van der Waals surface area contributed by atoms with Crippen molar-refractivity contribution in [2.45, 2.75) is 6.54 Å². The van der Waals surface area contributed by atoms with Gasteiger partial charge in [-0.15, -0.1) is 5.10 Å². The summed E-state index contributed by atoms with van der Waals surface area (Å²) in [6.45, 7) is 0.576. The zero-order chi connectivity index (χ0) is 12.7. The molecule has 0 bridgehead atoms. The van der Waals surface area contributed by atoms with Gasteiger partial charge in [-0.05, 0) is 0 Å². The number of nitrogens with zero attached hydrogens (tertiary/aromatic N) is 3. The van der Waals surface area contributed by atoms with Crippen LogP contribution < -0.4 is 16.6 Å². The van der Waals surface area contributed by atoms with E-state index in [1.807, 2.05) is 5.43 Å². The van der Waals surface area contributed by atoms with Gasteiger partial charge in [0.2, 0.25) is 5.91 Å². The number of nitrogens with one attached hydrogen (secondary N) is 2. The number of nitrogen functional groups attached to an aromatic ring is 1. The molecule has 4 N–H and O–H groups in total. The van der Waals surface area contributed by atoms with Gasteiger partial charge in [-0.1, -0.05) is 5.21 Å². The summed E-state index contributed by atoms with van der Waals surface area (Å²) in [6, 6.07) is 0. The topological polar surface area (TPSA) is 115 Å². The lowest BCUT2D eigenvalue weighted by atomic mass is 10.5. The third kappa shape index (κ3) is 4.41. The van der Waals surface area contributed by atoms with E-state index in [4.69, 9.17) is 5.84 Å². The zero-order valence-corrected chi connectivity index (χ0v) is 10.2. The highest BCUT2D eigenvalue weighted by Gasteiger charge is 2.08. The van der Waals surface area contributed by atoms with Crippen molar-refractivity contribution in [3.63, 3.8) is 0 Å². The largest absolute Gasteiger partial charge is 0.358 e. The number of amides is 2. The Bertz CT molecular complexity index is 393. The maximum absolute atomic E-state index is 11.1. The van der Waals surface area contributed by atoms with E-state index >= 15 is 0 Å². The van der Waals surface area contributed by atoms with E-state index in [-0.39, 0.29) is 11.6 Å². The second-order valence-corrected chi connectivity index (χ2v) is 4.17. The van der Waals surface area contributed by atoms with Crippen LogP contribution >= 0.6 is 11.8 Å². The maximum atomic E-state index is 11.1. The normalized spacial score (nSPS) is 10.0. The highest BCUT2D eigenvalue weighted by Crippen LogP contribution is 2.01. The van der Waals surface area contributed by atoms with E-state index < -0.39 is 5.91 Å². The Morgan fingerprint density at radius 3 is 3.00 bits per heavy atom. The van der Waals surface area contributed by atoms with E-state index in [0.717, 1.165) is 0 Å². The molecule has 1 heterocycles. The molecular weight excluding hydrogens is 244 g/mol. The molecule has 0 aliphatic heterocycles. The lowest BCUT2D eigenvalue weighted by Gasteiger charge is -2.00. The van der Waals surface area contributed by atoms with Gasteiger partial charge < -0.3 is 5.32 Å². The number of hydrazine groups is 1. The van der Waals surface area contributed by atoms with Crippen molar-refractivity contribution in [2.24, 2.45) is 5.84 Å². The first-order chi connectivity index (χ1) is 8.17. The van der Waals surface area contributed by atoms with Gasteiger partial charge in [0.15, 0.2) is 5.69 Å². The number of hydrogen-bond donors (Lipinski definition) is 3. The number of nitrogens with two attached hydrogens (primary N) is 1. The van der Waals surface area contributed by atoms with Gasteiger partial charge in [-0.2, -0.15) is 11.8 Å². The molecule has 1 aromatic heterocycles. The molecule has 0 saturated heterocycles. The van der Waals surface area contributed by atoms with Crippen molar-refractivity contribution >= 4 is 23.6 Å². The molecule has 0 aromatic carbocycles. The molecular formula is C8H14N6O2S. The standard InChI is InChI=1S/C8H14N6O2S/c1-10-7(15)5-17-3-2-14-4-6(12-13-14)8(16)11-9/h4H,2-3,5,9H2,1H3,(H,10,15)(H,11,16). The summed E-state index contributed by atoms with van der Waals surface area (Å²) in [5, 5.41) is 9.94. The van der Waals surface area contributed by atoms with Crippen LogP contribution in [0.3, 0.4) is 0 Å². The first-order valence-corrected chi connectivity index (χ1v) is 6.02. The summed E-state index contributed by atoms with van der Waals surface area (Å²) in [4.78, 5) is 22.0. The van der Waals surface area contributed by atoms with Crippen molar-refractivity contribution in [2.75, 3.05) is 18.6 Å². The number of aromatic nitrogens is 3. The average Bonchev–Trinajstić information content (AvgIpc) is 2.82. The Labute approximate surface area is 102 Å². The summed E-state index contributed by atoms with van der Waals surface area (Å²) in [5.74, 6) is 5.58. The van der Waals surface area contributed by atoms with Crippen LogP contribution in [0.1, 0.15) is 10.5 Å². The minimum Gasteiger partial charge on any atom is -0.358 e. The molecule has 0 aliphatic carbocycles. The number of carbonyl (C=O) groups excluding carboxylic acids is 2. The summed E-state index contributed by atoms with van der Waals surface area (Å²) >= 11 is 1.48. The molecule has 0 saturated carbocycles. The van der Waals surface area contributed by atoms with Gasteiger partial charge in [0.05, 0.1) is 18.5 Å². The molecule has 1 aromatic rings. The molecule has 0 radical (unpaired) electrons. The minimum absolute atomic E-state index is 0.0169. The van der Waals surface area contributed by atoms with E-state index in [1.54, 1.807) is 7.05 Å². The maximum Gasteiger partial charge on any atom is 0.287 e. The molecule has 0 aliphatic rings. The molecule has 1 rings (SSSR count). The highest BCUT2D eigenvalue weighted by molar-refractivity contribution is 7.99. The molecule has 2 amide bonds. The van der Waals surface area contributed by atoms with Crippen LogP contribution in [0.4, 0.5) is 0 Å². The predicted molar refractivity (Wildman–Crippen MR) is 63.1 cm³/mol. The number of carbonyl (C=O) groups is 2. The average molecular weight is 258 g/mol. The van der Waals surface area contributed by atoms with E-state index in [1.165, 1.54) is 22.6 Å². The Balaban J connectivity index is 2.30. The van der Waals surface area contributed by atoms with Crippen LogP contribution in [0.15, 0.2) is 6.20 Å². The van der Waals surface area contributed by atoms with Crippen LogP contribution in [-0.4, -0.2) is 45.4 Å². The second-order valence-electron chi connectivity index (χ2n) is 3.07. The third-order valence-electron chi connectivity index (χ3n) is 1.88. The lowest BCUT2D eigenvalue weighted by molar-refractivity contribution is -0.118. The number of rotatable bonds is 6. The predicted octanol–water partition coefficient (Wildman–Crippen LogP) is -1.64. The molecule has 94 valence electrons. The lowest BCUT2D eigenvalue weighted by Crippen LogP contribution is -2.30. The first-order valence-electron chi connectivity index (χ1n) is 4.86. The Hall–Kier alpha value is -1.61. The molecule has 0 atom stereocenters. The fourth-order valence-electron chi connectivity index (χ4n) is 0.981. The summed E-state index contributed by atoms with van der Waals surface area (Å²) in [5.41, 5.74) is 2.14. The summed E-state index contributed by atoms with van der Waals surface area (Å²) < 4.78 is 1.53.